The molecule has 1 N–H and O–H groups in total. The maximum atomic E-state index is 12.1. The number of fused-ring (bicyclic) bond motifs is 1. The molecule has 3 nitrogen and oxygen atoms in total. The fourth-order valence-corrected chi connectivity index (χ4v) is 4.34. The van der Waals surface area contributed by atoms with Crippen molar-refractivity contribution in [1.29, 1.82) is 0 Å². The Morgan fingerprint density at radius 2 is 1.80 bits per heavy atom. The molecule has 1 aliphatic rings. The highest BCUT2D eigenvalue weighted by Gasteiger charge is 2.33. The van der Waals surface area contributed by atoms with E-state index < -0.39 is 9.84 Å². The van der Waals surface area contributed by atoms with Crippen LogP contribution in [-0.4, -0.2) is 14.2 Å². The lowest BCUT2D eigenvalue weighted by Gasteiger charge is -2.12. The van der Waals surface area contributed by atoms with Crippen LogP contribution in [0.2, 0.25) is 0 Å². The van der Waals surface area contributed by atoms with E-state index >= 15 is 0 Å². The van der Waals surface area contributed by atoms with Crippen LogP contribution < -0.4 is 5.32 Å². The highest BCUT2D eigenvalue weighted by atomic mass is 32.2. The smallest absolute Gasteiger partial charge is 0.180 e. The van der Waals surface area contributed by atoms with E-state index in [2.05, 4.69) is 36.5 Å². The molecule has 1 heterocycles. The van der Waals surface area contributed by atoms with Crippen molar-refractivity contribution < 1.29 is 8.42 Å². The number of aryl methyl sites for hydroxylation is 1. The first-order valence-electron chi connectivity index (χ1n) is 6.67. The first-order chi connectivity index (χ1) is 9.56. The van der Waals surface area contributed by atoms with E-state index in [1.54, 1.807) is 12.1 Å². The van der Waals surface area contributed by atoms with Gasteiger partial charge in [-0.2, -0.15) is 0 Å². The molecule has 0 fully saturated rings. The van der Waals surface area contributed by atoms with Gasteiger partial charge in [0.15, 0.2) is 9.84 Å². The van der Waals surface area contributed by atoms with Gasteiger partial charge in [0.1, 0.15) is 0 Å². The molecule has 2 aromatic carbocycles. The monoisotopic (exact) mass is 287 g/mol. The maximum Gasteiger partial charge on any atom is 0.180 e. The summed E-state index contributed by atoms with van der Waals surface area (Å²) in [7, 11) is -3.13. The number of sulfone groups is 1. The highest BCUT2D eigenvalue weighted by molar-refractivity contribution is 7.91. The molecule has 0 amide bonds. The van der Waals surface area contributed by atoms with E-state index in [-0.39, 0.29) is 11.8 Å². The zero-order valence-corrected chi connectivity index (χ0v) is 12.2. The number of hydrogen-bond acceptors (Lipinski definition) is 3. The van der Waals surface area contributed by atoms with Crippen molar-refractivity contribution in [2.45, 2.75) is 24.4 Å². The molecule has 1 unspecified atom stereocenters. The van der Waals surface area contributed by atoms with Gasteiger partial charge >= 0.3 is 0 Å². The van der Waals surface area contributed by atoms with Crippen LogP contribution >= 0.6 is 0 Å². The molecule has 0 spiro atoms. The standard InChI is InChI=1S/C16H17NO2S/c1-12-6-8-13(9-7-12)10-17-15-11-20(18,19)16-5-3-2-4-14(15)16/h2-9,15,17H,10-11H2,1H3. The third kappa shape index (κ3) is 2.49. The Morgan fingerprint density at radius 3 is 2.55 bits per heavy atom. The fourth-order valence-electron chi connectivity index (χ4n) is 2.57. The predicted octanol–water partition coefficient (Wildman–Crippen LogP) is 2.61. The fraction of sp³-hybridized carbons (Fsp3) is 0.250. The van der Waals surface area contributed by atoms with Crippen molar-refractivity contribution in [1.82, 2.24) is 5.32 Å². The molecule has 0 saturated carbocycles. The highest BCUT2D eigenvalue weighted by Crippen LogP contribution is 2.33. The second-order valence-corrected chi connectivity index (χ2v) is 7.24. The SMILES string of the molecule is Cc1ccc(CNC2CS(=O)(=O)c3ccccc32)cc1. The predicted molar refractivity (Wildman–Crippen MR) is 79.3 cm³/mol. The molecule has 0 radical (unpaired) electrons. The quantitative estimate of drug-likeness (QED) is 0.944. The van der Waals surface area contributed by atoms with Gasteiger partial charge in [0, 0.05) is 12.6 Å². The summed E-state index contributed by atoms with van der Waals surface area (Å²) in [6, 6.07) is 15.4. The number of hydrogen-bond donors (Lipinski definition) is 1. The lowest BCUT2D eigenvalue weighted by atomic mass is 10.1. The summed E-state index contributed by atoms with van der Waals surface area (Å²) in [5.74, 6) is 0.151. The summed E-state index contributed by atoms with van der Waals surface area (Å²) in [6.45, 7) is 2.73. The molecule has 1 atom stereocenters. The van der Waals surface area contributed by atoms with Crippen LogP contribution in [0.4, 0.5) is 0 Å². The van der Waals surface area contributed by atoms with Gasteiger partial charge in [-0.15, -0.1) is 0 Å². The molecular weight excluding hydrogens is 270 g/mol. The lowest BCUT2D eigenvalue weighted by molar-refractivity contribution is 0.566. The molecular formula is C16H17NO2S. The van der Waals surface area contributed by atoms with E-state index in [1.165, 1.54) is 5.56 Å². The largest absolute Gasteiger partial charge is 0.305 e. The van der Waals surface area contributed by atoms with E-state index in [0.717, 1.165) is 11.1 Å². The van der Waals surface area contributed by atoms with Gasteiger partial charge in [0.25, 0.3) is 0 Å². The van der Waals surface area contributed by atoms with Crippen molar-refractivity contribution in [3.63, 3.8) is 0 Å². The number of nitrogens with one attached hydrogen (secondary N) is 1. The molecule has 1 aliphatic heterocycles. The summed E-state index contributed by atoms with van der Waals surface area (Å²) < 4.78 is 24.2. The van der Waals surface area contributed by atoms with Gasteiger partial charge < -0.3 is 5.32 Å². The van der Waals surface area contributed by atoms with Gasteiger partial charge in [0.05, 0.1) is 10.6 Å². The van der Waals surface area contributed by atoms with E-state index in [4.69, 9.17) is 0 Å². The van der Waals surface area contributed by atoms with Gasteiger partial charge in [-0.05, 0) is 24.1 Å². The van der Waals surface area contributed by atoms with Crippen molar-refractivity contribution in [2.24, 2.45) is 0 Å². The van der Waals surface area contributed by atoms with E-state index in [0.29, 0.717) is 11.4 Å². The first-order valence-corrected chi connectivity index (χ1v) is 8.32. The number of rotatable bonds is 3. The molecule has 2 aromatic rings. The summed E-state index contributed by atoms with van der Waals surface area (Å²) >= 11 is 0. The average molecular weight is 287 g/mol. The molecule has 0 bridgehead atoms. The van der Waals surface area contributed by atoms with Crippen molar-refractivity contribution >= 4 is 9.84 Å². The normalized spacial score (nSPS) is 19.8. The Hall–Kier alpha value is -1.65. The molecule has 104 valence electrons. The zero-order chi connectivity index (χ0) is 14.2. The Balaban J connectivity index is 1.78. The van der Waals surface area contributed by atoms with Crippen LogP contribution in [0.15, 0.2) is 53.4 Å². The maximum absolute atomic E-state index is 12.1. The Labute approximate surface area is 119 Å². The van der Waals surface area contributed by atoms with Gasteiger partial charge in [-0.3, -0.25) is 0 Å². The summed E-state index contributed by atoms with van der Waals surface area (Å²) in [6.07, 6.45) is 0. The molecule has 20 heavy (non-hydrogen) atoms. The molecule has 0 aliphatic carbocycles. The topological polar surface area (TPSA) is 46.2 Å². The van der Waals surface area contributed by atoms with Gasteiger partial charge in [-0.1, -0.05) is 48.0 Å². The minimum Gasteiger partial charge on any atom is -0.305 e. The first kappa shape index (κ1) is 13.3. The zero-order valence-electron chi connectivity index (χ0n) is 11.3. The summed E-state index contributed by atoms with van der Waals surface area (Å²) in [5.41, 5.74) is 3.28. The van der Waals surface area contributed by atoms with Crippen molar-refractivity contribution in [3.05, 3.63) is 65.2 Å². The average Bonchev–Trinajstić information content (AvgIpc) is 2.70. The second-order valence-electron chi connectivity index (χ2n) is 5.24. The van der Waals surface area contributed by atoms with Crippen LogP contribution in [0.1, 0.15) is 22.7 Å². The van der Waals surface area contributed by atoms with Crippen molar-refractivity contribution in [3.8, 4) is 0 Å². The van der Waals surface area contributed by atoms with E-state index in [1.807, 2.05) is 12.1 Å². The molecule has 0 saturated heterocycles. The molecule has 3 rings (SSSR count). The van der Waals surface area contributed by atoms with Gasteiger partial charge in [-0.25, -0.2) is 8.42 Å². The third-order valence-corrected chi connectivity index (χ3v) is 5.50. The number of benzene rings is 2. The van der Waals surface area contributed by atoms with Gasteiger partial charge in [0.2, 0.25) is 0 Å². The Morgan fingerprint density at radius 1 is 1.10 bits per heavy atom. The lowest BCUT2D eigenvalue weighted by Crippen LogP contribution is -2.22. The second kappa shape index (κ2) is 5.04. The van der Waals surface area contributed by atoms with Crippen LogP contribution in [0.5, 0.6) is 0 Å². The Kier molecular flexibility index (Phi) is 3.36. The minimum atomic E-state index is -3.13. The summed E-state index contributed by atoms with van der Waals surface area (Å²) in [4.78, 5) is 0.474. The minimum absolute atomic E-state index is 0.113. The van der Waals surface area contributed by atoms with Crippen molar-refractivity contribution in [2.75, 3.05) is 5.75 Å². The van der Waals surface area contributed by atoms with E-state index in [9.17, 15) is 8.42 Å². The summed E-state index contributed by atoms with van der Waals surface area (Å²) in [5, 5.41) is 3.35. The molecule has 0 aromatic heterocycles. The molecule has 4 heteroatoms. The Bertz CT molecular complexity index is 720. The van der Waals surface area contributed by atoms with Crippen LogP contribution in [-0.2, 0) is 16.4 Å². The van der Waals surface area contributed by atoms with Crippen LogP contribution in [0.25, 0.3) is 0 Å². The van der Waals surface area contributed by atoms with Crippen LogP contribution in [0, 0.1) is 6.92 Å². The third-order valence-electron chi connectivity index (χ3n) is 3.69. The van der Waals surface area contributed by atoms with Crippen LogP contribution in [0.3, 0.4) is 0 Å².